The van der Waals surface area contributed by atoms with Crippen molar-refractivity contribution in [1.29, 1.82) is 0 Å². The molecule has 0 fully saturated rings. The van der Waals surface area contributed by atoms with Crippen molar-refractivity contribution in [3.63, 3.8) is 0 Å². The van der Waals surface area contributed by atoms with Crippen molar-refractivity contribution >= 4 is 11.7 Å². The molecule has 0 spiro atoms. The minimum atomic E-state index is -0.412. The Kier molecular flexibility index (Phi) is 3.60. The molecule has 0 atom stereocenters. The van der Waals surface area contributed by atoms with Gasteiger partial charge >= 0.3 is 0 Å². The average Bonchev–Trinajstić information content (AvgIpc) is 2.60. The van der Waals surface area contributed by atoms with Crippen LogP contribution in [0, 0.1) is 12.8 Å². The number of aromatic nitrogens is 1. The molecule has 1 N–H and O–H groups in total. The molecule has 0 saturated heterocycles. The van der Waals surface area contributed by atoms with Gasteiger partial charge in [0.25, 0.3) is 5.91 Å². The van der Waals surface area contributed by atoms with Gasteiger partial charge < -0.3 is 9.84 Å². The lowest BCUT2D eigenvalue weighted by molar-refractivity contribution is -0.120. The van der Waals surface area contributed by atoms with E-state index in [2.05, 4.69) is 10.5 Å². The molecule has 0 aliphatic heterocycles. The zero-order valence-electron chi connectivity index (χ0n) is 9.03. The predicted molar refractivity (Wildman–Crippen MR) is 53.4 cm³/mol. The van der Waals surface area contributed by atoms with E-state index in [0.717, 1.165) is 0 Å². The van der Waals surface area contributed by atoms with Crippen LogP contribution in [0.3, 0.4) is 0 Å². The van der Waals surface area contributed by atoms with Gasteiger partial charge in [0.15, 0.2) is 5.78 Å². The first-order chi connectivity index (χ1) is 7.00. The van der Waals surface area contributed by atoms with E-state index in [1.165, 1.54) is 6.07 Å². The van der Waals surface area contributed by atoms with Crippen LogP contribution in [0.4, 0.5) is 0 Å². The Morgan fingerprint density at radius 2 is 2.20 bits per heavy atom. The van der Waals surface area contributed by atoms with Gasteiger partial charge in [0.05, 0.1) is 12.2 Å². The Morgan fingerprint density at radius 3 is 2.67 bits per heavy atom. The number of ketones is 1. The maximum atomic E-state index is 11.4. The van der Waals surface area contributed by atoms with Crippen LogP contribution in [0.25, 0.3) is 0 Å². The molecule has 82 valence electrons. The molecule has 1 aromatic heterocycles. The van der Waals surface area contributed by atoms with Gasteiger partial charge in [0.1, 0.15) is 0 Å². The predicted octanol–water partition coefficient (Wildman–Crippen LogP) is 0.938. The Labute approximate surface area is 87.8 Å². The standard InChI is InChI=1S/C10H14N2O3/c1-6(2)8(13)5-11-10(14)9-4-7(3)12-15-9/h4,6H,5H2,1-3H3,(H,11,14). The minimum absolute atomic E-state index is 0.0143. The van der Waals surface area contributed by atoms with Crippen LogP contribution in [0.1, 0.15) is 30.1 Å². The number of aryl methyl sites for hydroxylation is 1. The lowest BCUT2D eigenvalue weighted by Gasteiger charge is -2.04. The van der Waals surface area contributed by atoms with E-state index < -0.39 is 5.91 Å². The van der Waals surface area contributed by atoms with Gasteiger partial charge in [-0.1, -0.05) is 19.0 Å². The molecule has 1 aromatic rings. The van der Waals surface area contributed by atoms with Crippen LogP contribution in [-0.4, -0.2) is 23.4 Å². The summed E-state index contributed by atoms with van der Waals surface area (Å²) in [6.45, 7) is 5.32. The fraction of sp³-hybridized carbons (Fsp3) is 0.500. The molecule has 0 bridgehead atoms. The largest absolute Gasteiger partial charge is 0.351 e. The second-order valence-corrected chi connectivity index (χ2v) is 3.64. The molecule has 0 aliphatic carbocycles. The Bertz CT molecular complexity index is 368. The van der Waals surface area contributed by atoms with Gasteiger partial charge in [-0.2, -0.15) is 0 Å². The number of Topliss-reactive ketones (excluding diaryl/α,β-unsaturated/α-hetero) is 1. The summed E-state index contributed by atoms with van der Waals surface area (Å²) < 4.78 is 4.75. The van der Waals surface area contributed by atoms with Crippen LogP contribution >= 0.6 is 0 Å². The lowest BCUT2D eigenvalue weighted by atomic mass is 10.1. The number of rotatable bonds is 4. The summed E-state index contributed by atoms with van der Waals surface area (Å²) in [7, 11) is 0. The second kappa shape index (κ2) is 4.72. The molecule has 5 heteroatoms. The molecule has 0 unspecified atom stereocenters. The number of carbonyl (C=O) groups is 2. The molecule has 5 nitrogen and oxygen atoms in total. The Hall–Kier alpha value is -1.65. The highest BCUT2D eigenvalue weighted by Gasteiger charge is 2.13. The number of amides is 1. The topological polar surface area (TPSA) is 72.2 Å². The highest BCUT2D eigenvalue weighted by molar-refractivity contribution is 5.94. The first-order valence-electron chi connectivity index (χ1n) is 4.75. The molecule has 0 radical (unpaired) electrons. The third-order valence-corrected chi connectivity index (χ3v) is 1.92. The van der Waals surface area contributed by atoms with Gasteiger partial charge in [-0.25, -0.2) is 0 Å². The van der Waals surface area contributed by atoms with Gasteiger partial charge in [-0.3, -0.25) is 9.59 Å². The van der Waals surface area contributed by atoms with Crippen LogP contribution in [0.15, 0.2) is 10.6 Å². The van der Waals surface area contributed by atoms with E-state index >= 15 is 0 Å². The minimum Gasteiger partial charge on any atom is -0.351 e. The van der Waals surface area contributed by atoms with E-state index in [1.807, 2.05) is 0 Å². The molecule has 1 heterocycles. The fourth-order valence-corrected chi connectivity index (χ4v) is 0.929. The van der Waals surface area contributed by atoms with Crippen molar-refractivity contribution in [2.75, 3.05) is 6.54 Å². The zero-order valence-corrected chi connectivity index (χ0v) is 9.03. The summed E-state index contributed by atoms with van der Waals surface area (Å²) in [6.07, 6.45) is 0. The molecule has 0 aliphatic rings. The molecular weight excluding hydrogens is 196 g/mol. The van der Waals surface area contributed by atoms with Crippen LogP contribution in [0.2, 0.25) is 0 Å². The molecule has 1 amide bonds. The molecular formula is C10H14N2O3. The van der Waals surface area contributed by atoms with Crippen LogP contribution in [0.5, 0.6) is 0 Å². The number of nitrogens with zero attached hydrogens (tertiary/aromatic N) is 1. The molecule has 0 saturated carbocycles. The van der Waals surface area contributed by atoms with E-state index in [9.17, 15) is 9.59 Å². The van der Waals surface area contributed by atoms with Crippen LogP contribution in [-0.2, 0) is 4.79 Å². The monoisotopic (exact) mass is 210 g/mol. The number of nitrogens with one attached hydrogen (secondary N) is 1. The third kappa shape index (κ3) is 3.19. The second-order valence-electron chi connectivity index (χ2n) is 3.64. The van der Waals surface area contributed by atoms with Crippen molar-refractivity contribution in [3.05, 3.63) is 17.5 Å². The first-order valence-corrected chi connectivity index (χ1v) is 4.75. The summed E-state index contributed by atoms with van der Waals surface area (Å²) in [6, 6.07) is 1.52. The third-order valence-electron chi connectivity index (χ3n) is 1.92. The van der Waals surface area contributed by atoms with Crippen molar-refractivity contribution in [3.8, 4) is 0 Å². The van der Waals surface area contributed by atoms with E-state index in [0.29, 0.717) is 5.69 Å². The van der Waals surface area contributed by atoms with Crippen LogP contribution < -0.4 is 5.32 Å². The number of hydrogen-bond donors (Lipinski definition) is 1. The first kappa shape index (κ1) is 11.4. The molecule has 0 aromatic carbocycles. The van der Waals surface area contributed by atoms with Gasteiger partial charge in [-0.05, 0) is 6.92 Å². The molecule has 15 heavy (non-hydrogen) atoms. The summed E-state index contributed by atoms with van der Waals surface area (Å²) in [5.74, 6) is -0.380. The maximum Gasteiger partial charge on any atom is 0.290 e. The Morgan fingerprint density at radius 1 is 1.53 bits per heavy atom. The smallest absolute Gasteiger partial charge is 0.290 e. The van der Waals surface area contributed by atoms with Gasteiger partial charge in [-0.15, -0.1) is 0 Å². The summed E-state index contributed by atoms with van der Waals surface area (Å²) in [5, 5.41) is 6.05. The van der Waals surface area contributed by atoms with E-state index in [1.54, 1.807) is 20.8 Å². The van der Waals surface area contributed by atoms with Gasteiger partial charge in [0, 0.05) is 12.0 Å². The fourth-order valence-electron chi connectivity index (χ4n) is 0.929. The SMILES string of the molecule is Cc1cc(C(=O)NCC(=O)C(C)C)on1. The normalized spacial score (nSPS) is 10.4. The van der Waals surface area contributed by atoms with Crippen molar-refractivity contribution in [1.82, 2.24) is 10.5 Å². The van der Waals surface area contributed by atoms with Crippen molar-refractivity contribution < 1.29 is 14.1 Å². The highest BCUT2D eigenvalue weighted by Crippen LogP contribution is 2.01. The highest BCUT2D eigenvalue weighted by atomic mass is 16.5. The average molecular weight is 210 g/mol. The number of hydrogen-bond acceptors (Lipinski definition) is 4. The lowest BCUT2D eigenvalue weighted by Crippen LogP contribution is -2.31. The van der Waals surface area contributed by atoms with Crippen molar-refractivity contribution in [2.45, 2.75) is 20.8 Å². The van der Waals surface area contributed by atoms with Crippen molar-refractivity contribution in [2.24, 2.45) is 5.92 Å². The zero-order chi connectivity index (χ0) is 11.4. The number of carbonyl (C=O) groups excluding carboxylic acids is 2. The Balaban J connectivity index is 2.47. The van der Waals surface area contributed by atoms with Gasteiger partial charge in [0.2, 0.25) is 5.76 Å². The molecule has 1 rings (SSSR count). The van der Waals surface area contributed by atoms with E-state index in [4.69, 9.17) is 4.52 Å². The summed E-state index contributed by atoms with van der Waals surface area (Å²) in [4.78, 5) is 22.6. The summed E-state index contributed by atoms with van der Waals surface area (Å²) >= 11 is 0. The maximum absolute atomic E-state index is 11.4. The summed E-state index contributed by atoms with van der Waals surface area (Å²) in [5.41, 5.74) is 0.635. The van der Waals surface area contributed by atoms with E-state index in [-0.39, 0.29) is 24.0 Å². The quantitative estimate of drug-likeness (QED) is 0.802.